The molecule has 3 aliphatic rings. The van der Waals surface area contributed by atoms with E-state index in [9.17, 15) is 24.0 Å². The second kappa shape index (κ2) is 16.8. The third kappa shape index (κ3) is 11.2. The van der Waals surface area contributed by atoms with Gasteiger partial charge in [-0.15, -0.1) is 0 Å². The Morgan fingerprint density at radius 1 is 0.911 bits per heavy atom. The van der Waals surface area contributed by atoms with Crippen LogP contribution in [0.3, 0.4) is 0 Å². The monoisotopic (exact) mass is 635 g/mol. The van der Waals surface area contributed by atoms with Gasteiger partial charge < -0.3 is 30.2 Å². The molecule has 3 aliphatic heterocycles. The fourth-order valence-electron chi connectivity index (χ4n) is 6.25. The van der Waals surface area contributed by atoms with Gasteiger partial charge in [0, 0.05) is 38.0 Å². The second-order valence-corrected chi connectivity index (χ2v) is 12.8. The second-order valence-electron chi connectivity index (χ2n) is 12.8. The number of aryl methyl sites for hydroxylation is 1. The van der Waals surface area contributed by atoms with Gasteiger partial charge in [-0.1, -0.05) is 6.42 Å². The fourth-order valence-corrected chi connectivity index (χ4v) is 6.25. The predicted octanol–water partition coefficient (Wildman–Crippen LogP) is 1.09. The van der Waals surface area contributed by atoms with E-state index < -0.39 is 36.4 Å². The van der Waals surface area contributed by atoms with Crippen LogP contribution in [-0.2, 0) is 32.1 Å². The predicted molar refractivity (Wildman–Crippen MR) is 164 cm³/mol. The number of carboxylic acids is 3. The molecular formula is C31H49N5O9. The Hall–Kier alpha value is -3.36. The minimum absolute atomic E-state index is 0.124. The first-order chi connectivity index (χ1) is 21.3. The first-order valence-electron chi connectivity index (χ1n) is 15.9. The molecule has 4 rings (SSSR count). The van der Waals surface area contributed by atoms with Crippen molar-refractivity contribution in [1.82, 2.24) is 24.3 Å². The van der Waals surface area contributed by atoms with Crippen LogP contribution in [-0.4, -0.2) is 127 Å². The van der Waals surface area contributed by atoms with Crippen molar-refractivity contribution < 1.29 is 39.6 Å². The highest BCUT2D eigenvalue weighted by molar-refractivity contribution is 5.88. The minimum Gasteiger partial charge on any atom is -0.481 e. The van der Waals surface area contributed by atoms with E-state index in [-0.39, 0.29) is 11.5 Å². The summed E-state index contributed by atoms with van der Waals surface area (Å²) >= 11 is 0. The summed E-state index contributed by atoms with van der Waals surface area (Å²) in [7, 11) is 4.26. The average Bonchev–Trinajstić information content (AvgIpc) is 3.22. The van der Waals surface area contributed by atoms with Gasteiger partial charge in [-0.25, -0.2) is 9.78 Å². The third-order valence-electron chi connectivity index (χ3n) is 8.99. The molecule has 1 aromatic rings. The molecule has 2 fully saturated rings. The zero-order valence-corrected chi connectivity index (χ0v) is 26.5. The maximum absolute atomic E-state index is 12.8. The number of carboxylic acid groups (broad SMARTS) is 3. The Balaban J connectivity index is 0.000000360. The van der Waals surface area contributed by atoms with Crippen LogP contribution < -0.4 is 5.56 Å². The van der Waals surface area contributed by atoms with Crippen LogP contribution >= 0.6 is 0 Å². The number of rotatable bonds is 11. The van der Waals surface area contributed by atoms with Gasteiger partial charge in [0.25, 0.3) is 5.56 Å². The molecule has 0 spiro atoms. The molecule has 0 radical (unpaired) electrons. The van der Waals surface area contributed by atoms with Crippen molar-refractivity contribution in [3.05, 3.63) is 27.9 Å². The molecule has 1 amide bonds. The van der Waals surface area contributed by atoms with Crippen LogP contribution in [0, 0.1) is 5.92 Å². The lowest BCUT2D eigenvalue weighted by Crippen LogP contribution is -2.46. The number of nitrogens with zero attached hydrogens (tertiary/aromatic N) is 5. The minimum atomic E-state index is -2.74. The Morgan fingerprint density at radius 3 is 2.09 bits per heavy atom. The van der Waals surface area contributed by atoms with Crippen LogP contribution in [0.2, 0.25) is 0 Å². The molecule has 14 nitrogen and oxygen atoms in total. The van der Waals surface area contributed by atoms with Gasteiger partial charge in [0.05, 0.1) is 25.1 Å². The van der Waals surface area contributed by atoms with Crippen LogP contribution in [0.25, 0.3) is 0 Å². The molecule has 0 atom stereocenters. The van der Waals surface area contributed by atoms with E-state index >= 15 is 0 Å². The molecule has 0 aromatic carbocycles. The third-order valence-corrected chi connectivity index (χ3v) is 8.99. The Labute approximate surface area is 263 Å². The molecule has 0 bridgehead atoms. The smallest absolute Gasteiger partial charge is 0.336 e. The van der Waals surface area contributed by atoms with Crippen molar-refractivity contribution >= 4 is 23.8 Å². The number of hydrogen-bond donors (Lipinski definition) is 4. The molecule has 0 unspecified atom stereocenters. The maximum atomic E-state index is 12.8. The summed E-state index contributed by atoms with van der Waals surface area (Å²) in [5.74, 6) is -2.65. The number of amides is 1. The molecule has 4 N–H and O–H groups in total. The molecule has 45 heavy (non-hydrogen) atoms. The summed E-state index contributed by atoms with van der Waals surface area (Å²) in [4.78, 5) is 67.5. The summed E-state index contributed by atoms with van der Waals surface area (Å²) in [5.41, 5.74) is -1.63. The topological polar surface area (TPSA) is 194 Å². The number of fused-ring (bicyclic) bond motifs is 1. The summed E-state index contributed by atoms with van der Waals surface area (Å²) in [6, 6.07) is 1.78. The number of carbonyl (C=O) groups excluding carboxylic acids is 1. The van der Waals surface area contributed by atoms with Crippen molar-refractivity contribution in [2.45, 2.75) is 88.7 Å². The van der Waals surface area contributed by atoms with Crippen molar-refractivity contribution in [2.75, 3.05) is 53.4 Å². The number of hydrogen-bond acceptors (Lipinski definition) is 9. The van der Waals surface area contributed by atoms with Gasteiger partial charge in [-0.2, -0.15) is 0 Å². The lowest BCUT2D eigenvalue weighted by molar-refractivity contribution is -0.170. The van der Waals surface area contributed by atoms with Gasteiger partial charge >= 0.3 is 17.9 Å². The molecule has 14 heteroatoms. The molecular weight excluding hydrogens is 586 g/mol. The van der Waals surface area contributed by atoms with E-state index in [1.165, 1.54) is 12.8 Å². The van der Waals surface area contributed by atoms with Crippen molar-refractivity contribution in [3.63, 3.8) is 0 Å². The Morgan fingerprint density at radius 2 is 1.53 bits per heavy atom. The van der Waals surface area contributed by atoms with Crippen molar-refractivity contribution in [2.24, 2.45) is 5.92 Å². The van der Waals surface area contributed by atoms with Gasteiger partial charge in [0.15, 0.2) is 5.60 Å². The number of carbonyl (C=O) groups is 4. The van der Waals surface area contributed by atoms with Crippen LogP contribution in [0.5, 0.6) is 0 Å². The summed E-state index contributed by atoms with van der Waals surface area (Å²) in [6.07, 6.45) is 7.50. The number of likely N-dealkylation sites (tertiary alicyclic amines) is 2. The Bertz CT molecular complexity index is 1220. The van der Waals surface area contributed by atoms with Gasteiger partial charge in [0.2, 0.25) is 5.91 Å². The van der Waals surface area contributed by atoms with E-state index in [0.29, 0.717) is 12.5 Å². The van der Waals surface area contributed by atoms with Crippen molar-refractivity contribution in [3.8, 4) is 0 Å². The number of aliphatic carboxylic acids is 3. The molecule has 0 saturated carbocycles. The largest absolute Gasteiger partial charge is 0.481 e. The lowest BCUT2D eigenvalue weighted by Gasteiger charge is -2.36. The summed E-state index contributed by atoms with van der Waals surface area (Å²) in [5, 5.41) is 33.8. The maximum Gasteiger partial charge on any atom is 0.336 e. The average molecular weight is 636 g/mol. The summed E-state index contributed by atoms with van der Waals surface area (Å²) in [6.45, 7) is 6.14. The van der Waals surface area contributed by atoms with E-state index in [4.69, 9.17) is 25.4 Å². The first-order valence-corrected chi connectivity index (χ1v) is 15.9. The van der Waals surface area contributed by atoms with Crippen molar-refractivity contribution in [1.29, 1.82) is 0 Å². The molecule has 1 aromatic heterocycles. The van der Waals surface area contributed by atoms with Gasteiger partial charge in [-0.3, -0.25) is 28.6 Å². The van der Waals surface area contributed by atoms with E-state index in [2.05, 4.69) is 28.8 Å². The highest BCUT2D eigenvalue weighted by Gasteiger charge is 2.40. The summed E-state index contributed by atoms with van der Waals surface area (Å²) < 4.78 is 1.88. The number of piperidine rings is 2. The number of aromatic nitrogens is 2. The first kappa shape index (κ1) is 36.1. The lowest BCUT2D eigenvalue weighted by atomic mass is 9.92. The van der Waals surface area contributed by atoms with E-state index in [1.807, 2.05) is 4.57 Å². The normalized spacial score (nSPS) is 18.4. The van der Waals surface area contributed by atoms with E-state index in [0.717, 1.165) is 102 Å². The number of aliphatic hydroxyl groups is 1. The fraction of sp³-hybridized carbons (Fsp3) is 0.742. The molecule has 4 heterocycles. The Kier molecular flexibility index (Phi) is 13.5. The van der Waals surface area contributed by atoms with Gasteiger partial charge in [-0.05, 0) is 84.6 Å². The van der Waals surface area contributed by atoms with Crippen LogP contribution in [0.1, 0.15) is 81.6 Å². The zero-order chi connectivity index (χ0) is 33.1. The highest BCUT2D eigenvalue weighted by Crippen LogP contribution is 2.27. The SMILES string of the molecule is CN(C)CCC1CCN(C(=O)CN2CCC(c3cc(=O)n4c(n3)CCCCC4)CC2)CC1.O=C(O)CC(O)(CC(=O)O)C(=O)O. The quantitative estimate of drug-likeness (QED) is 0.271. The molecule has 0 aliphatic carbocycles. The van der Waals surface area contributed by atoms with E-state index in [1.54, 1.807) is 6.07 Å². The molecule has 2 saturated heterocycles. The standard InChI is InChI=1S/C25H41N5O2.C6H8O7/c1-27(2)13-7-20-8-16-29(17-9-20)25(32)19-28-14-10-21(11-15-28)22-18-24(31)30-12-5-3-4-6-23(30)26-22;7-3(8)1-6(13,5(11)12)2-4(9)10/h18,20-21H,3-17,19H2,1-2H3;13H,1-2H2,(H,7,8)(H,9,10)(H,11,12). The van der Waals surface area contributed by atoms with Crippen LogP contribution in [0.4, 0.5) is 0 Å². The van der Waals surface area contributed by atoms with Gasteiger partial charge in [0.1, 0.15) is 5.82 Å². The van der Waals surface area contributed by atoms with Crippen LogP contribution in [0.15, 0.2) is 10.9 Å². The molecule has 252 valence electrons. The zero-order valence-electron chi connectivity index (χ0n) is 26.5. The highest BCUT2D eigenvalue weighted by atomic mass is 16.4.